The van der Waals surface area contributed by atoms with Gasteiger partial charge in [0.25, 0.3) is 5.91 Å². The van der Waals surface area contributed by atoms with Gasteiger partial charge in [-0.2, -0.15) is 0 Å². The number of fused-ring (bicyclic) bond motifs is 1. The van der Waals surface area contributed by atoms with Crippen LogP contribution in [0.5, 0.6) is 0 Å². The number of benzene rings is 1. The summed E-state index contributed by atoms with van der Waals surface area (Å²) in [6.45, 7) is 0. The molecule has 0 aliphatic carbocycles. The number of nitrogens with zero attached hydrogens (tertiary/aromatic N) is 2. The van der Waals surface area contributed by atoms with Gasteiger partial charge in [-0.25, -0.2) is 4.99 Å². The van der Waals surface area contributed by atoms with Gasteiger partial charge in [-0.3, -0.25) is 9.79 Å². The third-order valence-electron chi connectivity index (χ3n) is 2.43. The molecule has 1 atom stereocenters. The molecule has 2 heterocycles. The second-order valence-corrected chi connectivity index (χ2v) is 4.47. The molecule has 1 aromatic heterocycles. The Bertz CT molecular complexity index is 646. The SMILES string of the molecule is O=C1N=c2ccccc2=NC1c1cccs1. The number of hydrogen-bond donors (Lipinski definition) is 0. The molecule has 1 amide bonds. The Balaban J connectivity index is 2.20. The molecule has 0 radical (unpaired) electrons. The van der Waals surface area contributed by atoms with Gasteiger partial charge in [0, 0.05) is 4.88 Å². The van der Waals surface area contributed by atoms with Crippen molar-refractivity contribution in [2.24, 2.45) is 9.98 Å². The molecule has 1 aromatic carbocycles. The molecule has 3 rings (SSSR count). The highest BCUT2D eigenvalue weighted by Gasteiger charge is 2.22. The smallest absolute Gasteiger partial charge is 0.270 e. The minimum atomic E-state index is -0.449. The summed E-state index contributed by atoms with van der Waals surface area (Å²) in [6, 6.07) is 10.8. The lowest BCUT2D eigenvalue weighted by atomic mass is 10.2. The van der Waals surface area contributed by atoms with Gasteiger partial charge in [-0.1, -0.05) is 18.2 Å². The van der Waals surface area contributed by atoms with Crippen LogP contribution >= 0.6 is 11.3 Å². The van der Waals surface area contributed by atoms with E-state index in [2.05, 4.69) is 9.98 Å². The summed E-state index contributed by atoms with van der Waals surface area (Å²) >= 11 is 1.53. The van der Waals surface area contributed by atoms with Gasteiger partial charge < -0.3 is 0 Å². The Morgan fingerprint density at radius 2 is 1.88 bits per heavy atom. The van der Waals surface area contributed by atoms with Crippen molar-refractivity contribution in [1.29, 1.82) is 0 Å². The molecule has 0 saturated heterocycles. The van der Waals surface area contributed by atoms with Gasteiger partial charge in [0.2, 0.25) is 0 Å². The Hall–Kier alpha value is -1.81. The average Bonchev–Trinajstić information content (AvgIpc) is 2.81. The fourth-order valence-electron chi connectivity index (χ4n) is 1.67. The first-order valence-corrected chi connectivity index (χ1v) is 5.81. The van der Waals surface area contributed by atoms with Crippen LogP contribution in [0.1, 0.15) is 10.9 Å². The maximum Gasteiger partial charge on any atom is 0.276 e. The molecule has 1 unspecified atom stereocenters. The summed E-state index contributed by atoms with van der Waals surface area (Å²) in [7, 11) is 0. The maximum absolute atomic E-state index is 11.8. The van der Waals surface area contributed by atoms with Crippen molar-refractivity contribution in [2.45, 2.75) is 6.04 Å². The summed E-state index contributed by atoms with van der Waals surface area (Å²) < 4.78 is 0. The minimum Gasteiger partial charge on any atom is -0.270 e. The van der Waals surface area contributed by atoms with Gasteiger partial charge >= 0.3 is 0 Å². The molecular formula is C12H8N2OS. The van der Waals surface area contributed by atoms with Crippen molar-refractivity contribution in [1.82, 2.24) is 0 Å². The first-order valence-electron chi connectivity index (χ1n) is 4.93. The van der Waals surface area contributed by atoms with Crippen molar-refractivity contribution in [3.63, 3.8) is 0 Å². The van der Waals surface area contributed by atoms with E-state index >= 15 is 0 Å². The fourth-order valence-corrected chi connectivity index (χ4v) is 2.43. The Morgan fingerprint density at radius 3 is 2.62 bits per heavy atom. The number of carbonyl (C=O) groups is 1. The summed E-state index contributed by atoms with van der Waals surface area (Å²) in [5.74, 6) is -0.179. The minimum absolute atomic E-state index is 0.179. The zero-order valence-corrected chi connectivity index (χ0v) is 9.15. The van der Waals surface area contributed by atoms with Crippen LogP contribution in [0.4, 0.5) is 0 Å². The fraction of sp³-hybridized carbons (Fsp3) is 0.0833. The zero-order valence-electron chi connectivity index (χ0n) is 8.33. The van der Waals surface area contributed by atoms with Gasteiger partial charge in [0.15, 0.2) is 6.04 Å². The van der Waals surface area contributed by atoms with Crippen LogP contribution in [0.25, 0.3) is 0 Å². The van der Waals surface area contributed by atoms with E-state index < -0.39 is 6.04 Å². The van der Waals surface area contributed by atoms with Crippen molar-refractivity contribution >= 4 is 17.2 Å². The van der Waals surface area contributed by atoms with E-state index in [-0.39, 0.29) is 5.91 Å². The molecule has 0 N–H and O–H groups in total. The van der Waals surface area contributed by atoms with Crippen LogP contribution in [0.2, 0.25) is 0 Å². The standard InChI is InChI=1S/C12H8N2OS/c15-12-11(10-6-3-7-16-10)13-8-4-1-2-5-9(8)14-12/h1-7,11H. The molecule has 0 bridgehead atoms. The molecular weight excluding hydrogens is 220 g/mol. The van der Waals surface area contributed by atoms with Crippen LogP contribution in [0.15, 0.2) is 51.8 Å². The Kier molecular flexibility index (Phi) is 2.15. The maximum atomic E-state index is 11.8. The molecule has 0 spiro atoms. The topological polar surface area (TPSA) is 41.8 Å². The molecule has 3 nitrogen and oxygen atoms in total. The van der Waals surface area contributed by atoms with Gasteiger partial charge in [-0.15, -0.1) is 11.3 Å². The molecule has 1 aliphatic heterocycles. The van der Waals surface area contributed by atoms with E-state index in [4.69, 9.17) is 0 Å². The predicted molar refractivity (Wildman–Crippen MR) is 60.8 cm³/mol. The summed E-state index contributed by atoms with van der Waals surface area (Å²) in [4.78, 5) is 21.2. The lowest BCUT2D eigenvalue weighted by molar-refractivity contribution is -0.119. The number of amides is 1. The molecule has 0 saturated carbocycles. The number of carbonyl (C=O) groups excluding carboxylic acids is 1. The van der Waals surface area contributed by atoms with Gasteiger partial charge in [-0.05, 0) is 23.6 Å². The highest BCUT2D eigenvalue weighted by Crippen LogP contribution is 2.23. The normalized spacial score (nSPS) is 18.5. The van der Waals surface area contributed by atoms with Crippen LogP contribution in [-0.4, -0.2) is 5.91 Å². The van der Waals surface area contributed by atoms with Crippen molar-refractivity contribution in [3.05, 3.63) is 57.4 Å². The third-order valence-corrected chi connectivity index (χ3v) is 3.35. The van der Waals surface area contributed by atoms with E-state index in [1.165, 1.54) is 11.3 Å². The number of thiophene rings is 1. The molecule has 1 aliphatic rings. The molecule has 78 valence electrons. The van der Waals surface area contributed by atoms with Crippen LogP contribution in [0, 0.1) is 0 Å². The second-order valence-electron chi connectivity index (χ2n) is 3.49. The summed E-state index contributed by atoms with van der Waals surface area (Å²) in [6.07, 6.45) is 0. The van der Waals surface area contributed by atoms with E-state index in [1.54, 1.807) is 6.07 Å². The monoisotopic (exact) mass is 228 g/mol. The van der Waals surface area contributed by atoms with E-state index in [1.807, 2.05) is 35.7 Å². The Morgan fingerprint density at radius 1 is 1.06 bits per heavy atom. The van der Waals surface area contributed by atoms with Crippen molar-refractivity contribution < 1.29 is 4.79 Å². The molecule has 2 aromatic rings. The second kappa shape index (κ2) is 3.64. The number of hydrogen-bond acceptors (Lipinski definition) is 3. The molecule has 4 heteroatoms. The average molecular weight is 228 g/mol. The lowest BCUT2D eigenvalue weighted by Gasteiger charge is -2.09. The summed E-state index contributed by atoms with van der Waals surface area (Å²) in [5, 5.41) is 3.40. The van der Waals surface area contributed by atoms with E-state index in [0.717, 1.165) is 10.2 Å². The predicted octanol–water partition coefficient (Wildman–Crippen LogP) is 1.27. The number of rotatable bonds is 1. The zero-order chi connectivity index (χ0) is 11.0. The van der Waals surface area contributed by atoms with E-state index in [9.17, 15) is 4.79 Å². The van der Waals surface area contributed by atoms with Crippen molar-refractivity contribution in [2.75, 3.05) is 0 Å². The van der Waals surface area contributed by atoms with Crippen LogP contribution in [0.3, 0.4) is 0 Å². The first-order chi connectivity index (χ1) is 7.84. The Labute approximate surface area is 95.8 Å². The van der Waals surface area contributed by atoms with E-state index in [0.29, 0.717) is 5.36 Å². The van der Waals surface area contributed by atoms with Crippen LogP contribution < -0.4 is 10.7 Å². The van der Waals surface area contributed by atoms with Gasteiger partial charge in [0.1, 0.15) is 0 Å². The largest absolute Gasteiger partial charge is 0.276 e. The third kappa shape index (κ3) is 1.47. The highest BCUT2D eigenvalue weighted by molar-refractivity contribution is 7.10. The quantitative estimate of drug-likeness (QED) is 0.724. The van der Waals surface area contributed by atoms with Gasteiger partial charge in [0.05, 0.1) is 10.7 Å². The first kappa shape index (κ1) is 9.42. The van der Waals surface area contributed by atoms with Crippen molar-refractivity contribution in [3.8, 4) is 0 Å². The highest BCUT2D eigenvalue weighted by atomic mass is 32.1. The molecule has 0 fully saturated rings. The lowest BCUT2D eigenvalue weighted by Crippen LogP contribution is -2.32. The summed E-state index contributed by atoms with van der Waals surface area (Å²) in [5.41, 5.74) is 0. The number of para-hydroxylation sites is 2. The van der Waals surface area contributed by atoms with Crippen LogP contribution in [-0.2, 0) is 4.79 Å². The molecule has 16 heavy (non-hydrogen) atoms.